The van der Waals surface area contributed by atoms with Crippen molar-refractivity contribution in [1.82, 2.24) is 20.4 Å². The van der Waals surface area contributed by atoms with Gasteiger partial charge in [-0.3, -0.25) is 0 Å². The van der Waals surface area contributed by atoms with Crippen LogP contribution in [0.3, 0.4) is 0 Å². The van der Waals surface area contributed by atoms with Crippen molar-refractivity contribution in [2.24, 2.45) is 0 Å². The van der Waals surface area contributed by atoms with E-state index < -0.39 is 0 Å². The average molecular weight is 116 g/mol. The number of tetrazole rings is 1. The Kier molecular flexibility index (Phi) is 1.09. The van der Waals surface area contributed by atoms with Crippen LogP contribution < -0.4 is 0 Å². The maximum absolute atomic E-state index is 8.47. The molecule has 44 valence electrons. The molecule has 6 heteroatoms. The molecule has 1 aromatic rings. The monoisotopic (exact) mass is 116 g/mol. The molecule has 1 rings (SSSR count). The van der Waals surface area contributed by atoms with Gasteiger partial charge < -0.3 is 10.3 Å². The molecule has 0 aliphatic rings. The number of rotatable bonds is 1. The zero-order chi connectivity index (χ0) is 5.98. The van der Waals surface area contributed by atoms with Crippen LogP contribution in [0.15, 0.2) is 0 Å². The summed E-state index contributed by atoms with van der Waals surface area (Å²) in [5.41, 5.74) is 0. The van der Waals surface area contributed by atoms with Gasteiger partial charge in [-0.15, -0.1) is 5.10 Å². The zero-order valence-corrected chi connectivity index (χ0v) is 3.89. The molecule has 1 aromatic heterocycles. The average Bonchev–Trinajstić information content (AvgIpc) is 2.14. The lowest BCUT2D eigenvalue weighted by atomic mass is 10.7. The van der Waals surface area contributed by atoms with Crippen LogP contribution in [0.25, 0.3) is 0 Å². The molecule has 1 heterocycles. The van der Waals surface area contributed by atoms with Crippen molar-refractivity contribution in [3.63, 3.8) is 0 Å². The van der Waals surface area contributed by atoms with E-state index in [0.29, 0.717) is 4.85 Å². The van der Waals surface area contributed by atoms with Gasteiger partial charge in [-0.25, -0.2) is 0 Å². The first-order valence-corrected chi connectivity index (χ1v) is 1.92. The Balaban J connectivity index is 2.92. The summed E-state index contributed by atoms with van der Waals surface area (Å²) in [5, 5.41) is 26.1. The van der Waals surface area contributed by atoms with Crippen LogP contribution in [-0.2, 0) is 6.61 Å². The van der Waals surface area contributed by atoms with Gasteiger partial charge >= 0.3 is 0 Å². The molecule has 8 heavy (non-hydrogen) atoms. The smallest absolute Gasteiger partial charge is 0.217 e. The van der Waals surface area contributed by atoms with Gasteiger partial charge in [0.1, 0.15) is 6.61 Å². The Morgan fingerprint density at radius 3 is 2.62 bits per heavy atom. The summed E-state index contributed by atoms with van der Waals surface area (Å²) in [6.07, 6.45) is 0. The second kappa shape index (κ2) is 1.74. The molecular formula is C2H4N4O2. The Labute approximate surface area is 44.3 Å². The maximum atomic E-state index is 8.47. The fraction of sp³-hybridized carbons (Fsp3) is 0.500. The fourth-order valence-electron chi connectivity index (χ4n) is 0.296. The van der Waals surface area contributed by atoms with Crippen LogP contribution in [0.1, 0.15) is 5.82 Å². The molecular weight excluding hydrogens is 112 g/mol. The minimum atomic E-state index is -0.358. The summed E-state index contributed by atoms with van der Waals surface area (Å²) >= 11 is 0. The third-order valence-corrected chi connectivity index (χ3v) is 0.657. The van der Waals surface area contributed by atoms with Crippen LogP contribution in [0.5, 0.6) is 0 Å². The van der Waals surface area contributed by atoms with Gasteiger partial charge in [-0.1, -0.05) is 4.85 Å². The molecule has 0 aromatic carbocycles. The Hall–Kier alpha value is -1.17. The number of aliphatic hydroxyl groups excluding tert-OH is 1. The quantitative estimate of drug-likeness (QED) is 0.432. The summed E-state index contributed by atoms with van der Waals surface area (Å²) in [6.45, 7) is -0.358. The van der Waals surface area contributed by atoms with Crippen molar-refractivity contribution in [2.45, 2.75) is 6.61 Å². The highest BCUT2D eigenvalue weighted by molar-refractivity contribution is 4.70. The van der Waals surface area contributed by atoms with Crippen LogP contribution in [0, 0.1) is 0 Å². The molecule has 0 radical (unpaired) electrons. The summed E-state index contributed by atoms with van der Waals surface area (Å²) < 4.78 is 0. The van der Waals surface area contributed by atoms with Crippen molar-refractivity contribution in [2.75, 3.05) is 0 Å². The fourth-order valence-corrected chi connectivity index (χ4v) is 0.296. The van der Waals surface area contributed by atoms with E-state index in [1.54, 1.807) is 0 Å². The molecule has 0 saturated carbocycles. The third-order valence-electron chi connectivity index (χ3n) is 0.657. The Bertz CT molecular complexity index is 172. The van der Waals surface area contributed by atoms with E-state index in [0.717, 1.165) is 0 Å². The van der Waals surface area contributed by atoms with Crippen LogP contribution in [-0.4, -0.2) is 30.7 Å². The molecule has 0 unspecified atom stereocenters. The minimum absolute atomic E-state index is 0.0324. The maximum Gasteiger partial charge on any atom is 0.217 e. The van der Waals surface area contributed by atoms with E-state index in [2.05, 4.69) is 15.5 Å². The molecule has 0 spiro atoms. The molecule has 0 bridgehead atoms. The van der Waals surface area contributed by atoms with Gasteiger partial charge in [0, 0.05) is 0 Å². The standard InChI is InChI=1S/C2H4N4O2/c7-1-2-3-4-5-6(2)8/h7-8H,1H2. The lowest BCUT2D eigenvalue weighted by molar-refractivity contribution is 0.117. The van der Waals surface area contributed by atoms with E-state index in [9.17, 15) is 0 Å². The van der Waals surface area contributed by atoms with Crippen molar-refractivity contribution in [3.8, 4) is 0 Å². The first-order chi connectivity index (χ1) is 3.84. The number of nitrogens with zero attached hydrogens (tertiary/aromatic N) is 4. The third kappa shape index (κ3) is 0.604. The summed E-state index contributed by atoms with van der Waals surface area (Å²) in [6, 6.07) is 0. The lowest BCUT2D eigenvalue weighted by Gasteiger charge is -1.85. The van der Waals surface area contributed by atoms with E-state index >= 15 is 0 Å². The van der Waals surface area contributed by atoms with Crippen LogP contribution in [0.2, 0.25) is 0 Å². The molecule has 0 amide bonds. The molecule has 6 nitrogen and oxygen atoms in total. The van der Waals surface area contributed by atoms with Gasteiger partial charge in [0.25, 0.3) is 0 Å². The highest BCUT2D eigenvalue weighted by Gasteiger charge is 1.98. The summed E-state index contributed by atoms with van der Waals surface area (Å²) in [4.78, 5) is 0.417. The first-order valence-electron chi connectivity index (χ1n) is 1.92. The van der Waals surface area contributed by atoms with Crippen molar-refractivity contribution in [3.05, 3.63) is 5.82 Å². The largest absolute Gasteiger partial charge is 0.409 e. The van der Waals surface area contributed by atoms with E-state index in [1.165, 1.54) is 0 Å². The topological polar surface area (TPSA) is 84.1 Å². The van der Waals surface area contributed by atoms with Crippen LogP contribution >= 0.6 is 0 Å². The lowest BCUT2D eigenvalue weighted by Crippen LogP contribution is -1.99. The first kappa shape index (κ1) is 4.98. The SMILES string of the molecule is OCc1nnnn1O. The predicted molar refractivity (Wildman–Crippen MR) is 20.9 cm³/mol. The van der Waals surface area contributed by atoms with Gasteiger partial charge in [0.05, 0.1) is 0 Å². The van der Waals surface area contributed by atoms with E-state index in [1.807, 2.05) is 0 Å². The molecule has 0 atom stereocenters. The summed E-state index contributed by atoms with van der Waals surface area (Å²) in [5.74, 6) is 0.0324. The van der Waals surface area contributed by atoms with Gasteiger partial charge in [0.2, 0.25) is 5.82 Å². The second-order valence-corrected chi connectivity index (χ2v) is 1.14. The van der Waals surface area contributed by atoms with Crippen LogP contribution in [0.4, 0.5) is 0 Å². The normalized spacial score (nSPS) is 9.62. The molecule has 0 fully saturated rings. The molecule has 0 saturated heterocycles. The van der Waals surface area contributed by atoms with Crippen molar-refractivity contribution < 1.29 is 10.3 Å². The predicted octanol–water partition coefficient (Wildman–Crippen LogP) is -1.60. The number of aromatic nitrogens is 4. The van der Waals surface area contributed by atoms with Gasteiger partial charge in [0.15, 0.2) is 0 Å². The zero-order valence-electron chi connectivity index (χ0n) is 3.89. The number of hydrogen-bond acceptors (Lipinski definition) is 5. The Morgan fingerprint density at radius 2 is 2.38 bits per heavy atom. The minimum Gasteiger partial charge on any atom is -0.409 e. The molecule has 0 aliphatic heterocycles. The molecule has 0 aliphatic carbocycles. The van der Waals surface area contributed by atoms with Crippen molar-refractivity contribution >= 4 is 0 Å². The highest BCUT2D eigenvalue weighted by atomic mass is 16.5. The summed E-state index contributed by atoms with van der Waals surface area (Å²) in [7, 11) is 0. The second-order valence-electron chi connectivity index (χ2n) is 1.14. The van der Waals surface area contributed by atoms with Gasteiger partial charge in [-0.05, 0) is 10.4 Å². The van der Waals surface area contributed by atoms with E-state index in [4.69, 9.17) is 10.3 Å². The van der Waals surface area contributed by atoms with E-state index in [-0.39, 0.29) is 12.4 Å². The number of aliphatic hydroxyl groups is 1. The van der Waals surface area contributed by atoms with Gasteiger partial charge in [-0.2, -0.15) is 0 Å². The van der Waals surface area contributed by atoms with Crippen molar-refractivity contribution in [1.29, 1.82) is 0 Å². The molecule has 2 N–H and O–H groups in total. The Morgan fingerprint density at radius 1 is 1.62 bits per heavy atom. The highest BCUT2D eigenvalue weighted by Crippen LogP contribution is 1.83. The number of hydrogen-bond donors (Lipinski definition) is 2.